The van der Waals surface area contributed by atoms with E-state index < -0.39 is 18.2 Å². The first-order valence-corrected chi connectivity index (χ1v) is 5.17. The zero-order valence-corrected chi connectivity index (χ0v) is 9.70. The van der Waals surface area contributed by atoms with Gasteiger partial charge in [0, 0.05) is 22.8 Å². The molecule has 0 saturated carbocycles. The molecule has 0 radical (unpaired) electrons. The molecule has 4 nitrogen and oxygen atoms in total. The summed E-state index contributed by atoms with van der Waals surface area (Å²) in [5.41, 5.74) is -0.0212. The highest BCUT2D eigenvalue weighted by Crippen LogP contribution is 2.22. The van der Waals surface area contributed by atoms with Gasteiger partial charge in [-0.1, -0.05) is 0 Å². The van der Waals surface area contributed by atoms with Crippen LogP contribution in [0, 0.1) is 5.95 Å². The van der Waals surface area contributed by atoms with Gasteiger partial charge in [-0.3, -0.25) is 0 Å². The molecule has 0 aliphatic rings. The highest BCUT2D eigenvalue weighted by molar-refractivity contribution is 9.10. The summed E-state index contributed by atoms with van der Waals surface area (Å²) in [5.74, 6) is -0.777. The van der Waals surface area contributed by atoms with Crippen LogP contribution in [-0.4, -0.2) is 34.9 Å². The van der Waals surface area contributed by atoms with Crippen molar-refractivity contribution in [3.05, 3.63) is 28.2 Å². The van der Waals surface area contributed by atoms with Crippen LogP contribution in [0.3, 0.4) is 0 Å². The Hall–Kier alpha value is -0.560. The Labute approximate surface area is 95.3 Å². The highest BCUT2D eigenvalue weighted by atomic mass is 79.9. The van der Waals surface area contributed by atoms with E-state index in [1.54, 1.807) is 7.05 Å². The number of aliphatic hydroxyl groups excluding tert-OH is 2. The van der Waals surface area contributed by atoms with Crippen molar-refractivity contribution in [3.63, 3.8) is 0 Å². The lowest BCUT2D eigenvalue weighted by atomic mass is 10.1. The molecule has 15 heavy (non-hydrogen) atoms. The van der Waals surface area contributed by atoms with Crippen molar-refractivity contribution in [2.24, 2.45) is 0 Å². The van der Waals surface area contributed by atoms with Gasteiger partial charge in [-0.05, 0) is 29.0 Å². The minimum atomic E-state index is -1.29. The summed E-state index contributed by atoms with van der Waals surface area (Å²) >= 11 is 3.12. The molecule has 2 unspecified atom stereocenters. The van der Waals surface area contributed by atoms with Crippen LogP contribution in [0.15, 0.2) is 16.7 Å². The van der Waals surface area contributed by atoms with E-state index in [4.69, 9.17) is 0 Å². The molecule has 0 saturated heterocycles. The molecular weight excluding hydrogens is 267 g/mol. The predicted molar refractivity (Wildman–Crippen MR) is 56.8 cm³/mol. The van der Waals surface area contributed by atoms with Crippen LogP contribution < -0.4 is 5.32 Å². The Bertz CT molecular complexity index is 338. The number of rotatable bonds is 4. The lowest BCUT2D eigenvalue weighted by molar-refractivity contribution is 0.0176. The maximum Gasteiger partial charge on any atom is 0.218 e. The van der Waals surface area contributed by atoms with E-state index in [0.717, 1.165) is 0 Å². The van der Waals surface area contributed by atoms with Crippen LogP contribution in [-0.2, 0) is 0 Å². The number of hydrogen-bond donors (Lipinski definition) is 3. The van der Waals surface area contributed by atoms with Gasteiger partial charge in [-0.25, -0.2) is 4.98 Å². The smallest absolute Gasteiger partial charge is 0.218 e. The molecule has 1 heterocycles. The summed E-state index contributed by atoms with van der Waals surface area (Å²) in [4.78, 5) is 3.44. The molecule has 1 aromatic rings. The largest absolute Gasteiger partial charge is 0.389 e. The zero-order valence-electron chi connectivity index (χ0n) is 8.11. The minimum absolute atomic E-state index is 0.0212. The van der Waals surface area contributed by atoms with Crippen LogP contribution in [0.5, 0.6) is 0 Å². The van der Waals surface area contributed by atoms with Crippen LogP contribution >= 0.6 is 15.9 Å². The number of nitrogens with one attached hydrogen (secondary N) is 1. The van der Waals surface area contributed by atoms with Crippen molar-refractivity contribution in [1.29, 1.82) is 0 Å². The van der Waals surface area contributed by atoms with Crippen LogP contribution in [0.4, 0.5) is 4.39 Å². The van der Waals surface area contributed by atoms with Crippen molar-refractivity contribution in [3.8, 4) is 0 Å². The third kappa shape index (κ3) is 3.20. The third-order valence-corrected chi connectivity index (χ3v) is 2.36. The lowest BCUT2D eigenvalue weighted by Gasteiger charge is -2.17. The predicted octanol–water partition coefficient (Wildman–Crippen LogP) is 0.597. The van der Waals surface area contributed by atoms with E-state index >= 15 is 0 Å². The Kier molecular flexibility index (Phi) is 4.59. The van der Waals surface area contributed by atoms with Gasteiger partial charge < -0.3 is 15.5 Å². The summed E-state index contributed by atoms with van der Waals surface area (Å²) in [6, 6.07) is 1.39. The standard InChI is InChI=1S/C9H12BrFN2O2/c1-12-4-7(14)8(15)6-2-5(10)3-13-9(6)11/h2-3,7-8,12,14-15H,4H2,1H3. The second-order valence-corrected chi connectivity index (χ2v) is 4.02. The molecule has 3 N–H and O–H groups in total. The highest BCUT2D eigenvalue weighted by Gasteiger charge is 2.21. The van der Waals surface area contributed by atoms with Crippen molar-refractivity contribution in [2.75, 3.05) is 13.6 Å². The topological polar surface area (TPSA) is 65.4 Å². The monoisotopic (exact) mass is 278 g/mol. The molecule has 0 aromatic carbocycles. The minimum Gasteiger partial charge on any atom is -0.389 e. The Morgan fingerprint density at radius 1 is 1.60 bits per heavy atom. The van der Waals surface area contributed by atoms with Gasteiger partial charge in [-0.15, -0.1) is 0 Å². The van der Waals surface area contributed by atoms with E-state index in [9.17, 15) is 14.6 Å². The summed E-state index contributed by atoms with van der Waals surface area (Å²) in [5, 5.41) is 21.8. The Morgan fingerprint density at radius 3 is 2.87 bits per heavy atom. The molecule has 6 heteroatoms. The quantitative estimate of drug-likeness (QED) is 0.706. The maximum absolute atomic E-state index is 13.2. The zero-order chi connectivity index (χ0) is 11.4. The van der Waals surface area contributed by atoms with Crippen LogP contribution in [0.1, 0.15) is 11.7 Å². The van der Waals surface area contributed by atoms with Crippen molar-refractivity contribution in [2.45, 2.75) is 12.2 Å². The van der Waals surface area contributed by atoms with Crippen LogP contribution in [0.2, 0.25) is 0 Å². The van der Waals surface area contributed by atoms with E-state index in [-0.39, 0.29) is 12.1 Å². The van der Waals surface area contributed by atoms with Crippen LogP contribution in [0.25, 0.3) is 0 Å². The Morgan fingerprint density at radius 2 is 2.27 bits per heavy atom. The van der Waals surface area contributed by atoms with E-state index in [1.165, 1.54) is 12.3 Å². The van der Waals surface area contributed by atoms with Gasteiger partial charge in [0.1, 0.15) is 6.10 Å². The number of nitrogens with zero attached hydrogens (tertiary/aromatic N) is 1. The van der Waals surface area contributed by atoms with E-state index in [2.05, 4.69) is 26.2 Å². The lowest BCUT2D eigenvalue weighted by Crippen LogP contribution is -2.30. The molecule has 1 aromatic heterocycles. The SMILES string of the molecule is CNCC(O)C(O)c1cc(Br)cnc1F. The average molecular weight is 279 g/mol. The Balaban J connectivity index is 2.89. The summed E-state index contributed by atoms with van der Waals surface area (Å²) in [6.07, 6.45) is -1.07. The molecule has 0 amide bonds. The molecule has 0 aliphatic carbocycles. The van der Waals surface area contributed by atoms with Gasteiger partial charge in [0.05, 0.1) is 6.10 Å². The fraction of sp³-hybridized carbons (Fsp3) is 0.444. The van der Waals surface area contributed by atoms with Gasteiger partial charge in [-0.2, -0.15) is 4.39 Å². The number of aliphatic hydroxyl groups is 2. The molecule has 0 spiro atoms. The first kappa shape index (κ1) is 12.5. The first-order valence-electron chi connectivity index (χ1n) is 4.38. The second-order valence-electron chi connectivity index (χ2n) is 3.10. The second kappa shape index (κ2) is 5.50. The third-order valence-electron chi connectivity index (χ3n) is 1.93. The normalized spacial score (nSPS) is 15.0. The van der Waals surface area contributed by atoms with Gasteiger partial charge in [0.2, 0.25) is 5.95 Å². The number of halogens is 2. The number of likely N-dealkylation sites (N-methyl/N-ethyl adjacent to an activating group) is 1. The summed E-state index contributed by atoms with van der Waals surface area (Å²) in [7, 11) is 1.63. The van der Waals surface area contributed by atoms with E-state index in [0.29, 0.717) is 4.47 Å². The fourth-order valence-corrected chi connectivity index (χ4v) is 1.52. The fourth-order valence-electron chi connectivity index (χ4n) is 1.17. The van der Waals surface area contributed by atoms with E-state index in [1.807, 2.05) is 0 Å². The molecule has 2 atom stereocenters. The van der Waals surface area contributed by atoms with Crippen molar-refractivity contribution < 1.29 is 14.6 Å². The maximum atomic E-state index is 13.2. The number of aromatic nitrogens is 1. The molecule has 0 fully saturated rings. The number of hydrogen-bond acceptors (Lipinski definition) is 4. The van der Waals surface area contributed by atoms with Gasteiger partial charge in [0.15, 0.2) is 0 Å². The van der Waals surface area contributed by atoms with Crippen molar-refractivity contribution in [1.82, 2.24) is 10.3 Å². The molecular formula is C9H12BrFN2O2. The summed E-state index contributed by atoms with van der Waals surface area (Å²) < 4.78 is 13.7. The molecule has 0 bridgehead atoms. The van der Waals surface area contributed by atoms with Gasteiger partial charge >= 0.3 is 0 Å². The first-order chi connectivity index (χ1) is 7.06. The molecule has 84 valence electrons. The molecule has 0 aliphatic heterocycles. The van der Waals surface area contributed by atoms with Crippen molar-refractivity contribution >= 4 is 15.9 Å². The summed E-state index contributed by atoms with van der Waals surface area (Å²) in [6.45, 7) is 0.174. The molecule has 1 rings (SSSR count). The number of pyridine rings is 1. The average Bonchev–Trinajstić information content (AvgIpc) is 2.21. The van der Waals surface area contributed by atoms with Gasteiger partial charge in [0.25, 0.3) is 0 Å².